The summed E-state index contributed by atoms with van der Waals surface area (Å²) in [5.41, 5.74) is -0.239. The lowest BCUT2D eigenvalue weighted by Crippen LogP contribution is -2.46. The number of carbonyl (C=O) groups is 1. The summed E-state index contributed by atoms with van der Waals surface area (Å²) in [5.74, 6) is 0.266. The van der Waals surface area contributed by atoms with Crippen LogP contribution in [0.3, 0.4) is 0 Å². The first-order valence-corrected chi connectivity index (χ1v) is 10.9. The van der Waals surface area contributed by atoms with Gasteiger partial charge in [0.15, 0.2) is 0 Å². The Morgan fingerprint density at radius 3 is 2.61 bits per heavy atom. The van der Waals surface area contributed by atoms with Gasteiger partial charge in [-0.15, -0.1) is 0 Å². The van der Waals surface area contributed by atoms with Gasteiger partial charge in [0.1, 0.15) is 5.56 Å². The minimum atomic E-state index is -0.367. The molecule has 1 amide bonds. The van der Waals surface area contributed by atoms with Gasteiger partial charge in [-0.3, -0.25) is 9.59 Å². The first-order chi connectivity index (χ1) is 13.7. The van der Waals surface area contributed by atoms with E-state index in [1.54, 1.807) is 0 Å². The fourth-order valence-electron chi connectivity index (χ4n) is 5.02. The molecule has 0 radical (unpaired) electrons. The van der Waals surface area contributed by atoms with E-state index in [0.29, 0.717) is 19.0 Å². The van der Waals surface area contributed by atoms with Gasteiger partial charge >= 0.3 is 0 Å². The van der Waals surface area contributed by atoms with Gasteiger partial charge in [0.25, 0.3) is 11.5 Å². The third kappa shape index (κ3) is 4.63. The molecule has 3 heterocycles. The number of H-pyrrole nitrogens is 1. The first-order valence-electron chi connectivity index (χ1n) is 10.9. The number of nitrogens with one attached hydrogen (secondary N) is 1. The number of carbonyl (C=O) groups excluding carboxylic acids is 1. The number of aromatic amines is 1. The number of rotatable bonds is 6. The predicted octanol–water partition coefficient (Wildman–Crippen LogP) is 2.05. The van der Waals surface area contributed by atoms with E-state index in [1.807, 2.05) is 4.90 Å². The highest BCUT2D eigenvalue weighted by molar-refractivity contribution is 5.93. The van der Waals surface area contributed by atoms with E-state index in [9.17, 15) is 9.59 Å². The SMILES string of the molecule is O=C(c1cnc[nH]c1=O)N(CC1CCN(C2CCCC2)CC1)CC1CCCO1. The molecule has 3 fully saturated rings. The van der Waals surface area contributed by atoms with Crippen molar-refractivity contribution in [2.24, 2.45) is 5.92 Å². The van der Waals surface area contributed by atoms with Crippen LogP contribution in [0.5, 0.6) is 0 Å². The van der Waals surface area contributed by atoms with Crippen LogP contribution in [0.15, 0.2) is 17.3 Å². The average molecular weight is 389 g/mol. The molecule has 154 valence electrons. The van der Waals surface area contributed by atoms with Gasteiger partial charge in [-0.05, 0) is 57.5 Å². The molecule has 0 bridgehead atoms. The summed E-state index contributed by atoms with van der Waals surface area (Å²) in [6, 6.07) is 0.777. The van der Waals surface area contributed by atoms with Gasteiger partial charge in [-0.25, -0.2) is 4.98 Å². The van der Waals surface area contributed by atoms with Crippen LogP contribution in [0.4, 0.5) is 0 Å². The lowest BCUT2D eigenvalue weighted by atomic mass is 9.94. The molecule has 7 nitrogen and oxygen atoms in total. The van der Waals surface area contributed by atoms with Gasteiger partial charge in [0.05, 0.1) is 12.4 Å². The zero-order valence-corrected chi connectivity index (χ0v) is 16.6. The highest BCUT2D eigenvalue weighted by Gasteiger charge is 2.31. The minimum absolute atomic E-state index is 0.0817. The Balaban J connectivity index is 1.40. The number of aromatic nitrogens is 2. The quantitative estimate of drug-likeness (QED) is 0.807. The van der Waals surface area contributed by atoms with Crippen LogP contribution >= 0.6 is 0 Å². The zero-order valence-electron chi connectivity index (χ0n) is 16.6. The van der Waals surface area contributed by atoms with Crippen LogP contribution in [0.2, 0.25) is 0 Å². The van der Waals surface area contributed by atoms with Crippen LogP contribution in [0.1, 0.15) is 61.7 Å². The summed E-state index contributed by atoms with van der Waals surface area (Å²) in [6.45, 7) is 4.29. The van der Waals surface area contributed by atoms with Gasteiger partial charge in [0.2, 0.25) is 0 Å². The number of hydrogen-bond donors (Lipinski definition) is 1. The van der Waals surface area contributed by atoms with Crippen molar-refractivity contribution < 1.29 is 9.53 Å². The Bertz CT molecular complexity index is 702. The average Bonchev–Trinajstić information content (AvgIpc) is 3.42. The van der Waals surface area contributed by atoms with Crippen molar-refractivity contribution in [3.05, 3.63) is 28.4 Å². The minimum Gasteiger partial charge on any atom is -0.376 e. The zero-order chi connectivity index (χ0) is 19.3. The monoisotopic (exact) mass is 388 g/mol. The topological polar surface area (TPSA) is 78.5 Å². The normalized spacial score (nSPS) is 24.6. The molecule has 7 heteroatoms. The van der Waals surface area contributed by atoms with E-state index < -0.39 is 0 Å². The smallest absolute Gasteiger partial charge is 0.263 e. The number of piperidine rings is 1. The fraction of sp³-hybridized carbons (Fsp3) is 0.762. The van der Waals surface area contributed by atoms with Crippen molar-refractivity contribution in [1.29, 1.82) is 0 Å². The number of hydrogen-bond acceptors (Lipinski definition) is 5. The van der Waals surface area contributed by atoms with Crippen LogP contribution in [-0.2, 0) is 4.74 Å². The molecule has 2 aliphatic heterocycles. The Morgan fingerprint density at radius 2 is 1.93 bits per heavy atom. The van der Waals surface area contributed by atoms with Crippen LogP contribution in [-0.4, -0.2) is 70.6 Å². The largest absolute Gasteiger partial charge is 0.376 e. The molecule has 1 N–H and O–H groups in total. The van der Waals surface area contributed by atoms with E-state index in [2.05, 4.69) is 14.9 Å². The number of nitrogens with zero attached hydrogens (tertiary/aromatic N) is 3. The van der Waals surface area contributed by atoms with Gasteiger partial charge < -0.3 is 19.5 Å². The summed E-state index contributed by atoms with van der Waals surface area (Å²) >= 11 is 0. The Kier molecular flexibility index (Phi) is 6.42. The maximum absolute atomic E-state index is 13.1. The molecule has 2 saturated heterocycles. The molecular weight excluding hydrogens is 356 g/mol. The van der Waals surface area contributed by atoms with Crippen molar-refractivity contribution in [2.75, 3.05) is 32.8 Å². The van der Waals surface area contributed by atoms with Crippen molar-refractivity contribution in [3.8, 4) is 0 Å². The van der Waals surface area contributed by atoms with Gasteiger partial charge in [-0.1, -0.05) is 12.8 Å². The van der Waals surface area contributed by atoms with E-state index >= 15 is 0 Å². The predicted molar refractivity (Wildman–Crippen MR) is 106 cm³/mol. The number of amides is 1. The Hall–Kier alpha value is -1.73. The summed E-state index contributed by atoms with van der Waals surface area (Å²) in [5, 5.41) is 0. The van der Waals surface area contributed by atoms with Crippen molar-refractivity contribution in [2.45, 2.75) is 63.5 Å². The van der Waals surface area contributed by atoms with E-state index in [4.69, 9.17) is 4.74 Å². The van der Waals surface area contributed by atoms with Crippen molar-refractivity contribution in [3.63, 3.8) is 0 Å². The fourth-order valence-corrected chi connectivity index (χ4v) is 5.02. The number of likely N-dealkylation sites (tertiary alicyclic amines) is 1. The molecule has 1 aromatic heterocycles. The second-order valence-corrected chi connectivity index (χ2v) is 8.56. The van der Waals surface area contributed by atoms with Gasteiger partial charge in [0, 0.05) is 31.9 Å². The van der Waals surface area contributed by atoms with Crippen LogP contribution < -0.4 is 5.56 Å². The lowest BCUT2D eigenvalue weighted by Gasteiger charge is -2.38. The highest BCUT2D eigenvalue weighted by Crippen LogP contribution is 2.28. The maximum Gasteiger partial charge on any atom is 0.263 e. The molecule has 0 spiro atoms. The summed E-state index contributed by atoms with van der Waals surface area (Å²) in [6.07, 6.45) is 12.5. The van der Waals surface area contributed by atoms with Crippen LogP contribution in [0.25, 0.3) is 0 Å². The van der Waals surface area contributed by atoms with E-state index in [0.717, 1.165) is 51.4 Å². The Labute approximate surface area is 166 Å². The second kappa shape index (κ2) is 9.18. The molecular formula is C21H32N4O3. The second-order valence-electron chi connectivity index (χ2n) is 8.56. The molecule has 1 saturated carbocycles. The molecule has 4 rings (SSSR count). The summed E-state index contributed by atoms with van der Waals surface area (Å²) < 4.78 is 5.77. The number of ether oxygens (including phenoxy) is 1. The molecule has 1 aliphatic carbocycles. The third-order valence-corrected chi connectivity index (χ3v) is 6.65. The summed E-state index contributed by atoms with van der Waals surface area (Å²) in [7, 11) is 0. The molecule has 1 unspecified atom stereocenters. The molecule has 28 heavy (non-hydrogen) atoms. The first kappa shape index (κ1) is 19.6. The summed E-state index contributed by atoms with van der Waals surface area (Å²) in [4.78, 5) is 36.2. The maximum atomic E-state index is 13.1. The highest BCUT2D eigenvalue weighted by atomic mass is 16.5. The molecule has 0 aromatic carbocycles. The van der Waals surface area contributed by atoms with E-state index in [-0.39, 0.29) is 23.1 Å². The van der Waals surface area contributed by atoms with Crippen LogP contribution in [0, 0.1) is 5.92 Å². The molecule has 3 aliphatic rings. The van der Waals surface area contributed by atoms with Crippen molar-refractivity contribution in [1.82, 2.24) is 19.8 Å². The van der Waals surface area contributed by atoms with Gasteiger partial charge in [-0.2, -0.15) is 0 Å². The molecule has 1 aromatic rings. The van der Waals surface area contributed by atoms with Crippen molar-refractivity contribution >= 4 is 5.91 Å². The van der Waals surface area contributed by atoms with E-state index in [1.165, 1.54) is 38.2 Å². The third-order valence-electron chi connectivity index (χ3n) is 6.65. The Morgan fingerprint density at radius 1 is 1.14 bits per heavy atom. The standard InChI is InChI=1S/C21H32N4O3/c26-20-19(12-22-15-23-20)21(27)25(14-18-6-3-11-28-18)13-16-7-9-24(10-8-16)17-4-1-2-5-17/h12,15-18H,1-11,13-14H2,(H,22,23,26). The lowest BCUT2D eigenvalue weighted by molar-refractivity contribution is 0.0427. The molecule has 1 atom stereocenters.